The van der Waals surface area contributed by atoms with E-state index in [0.29, 0.717) is 5.56 Å². The highest BCUT2D eigenvalue weighted by Gasteiger charge is 2.28. The number of benzene rings is 3. The van der Waals surface area contributed by atoms with Crippen LogP contribution >= 0.6 is 15.9 Å². The number of hydrogen-bond donors (Lipinski definition) is 0. The van der Waals surface area contributed by atoms with Gasteiger partial charge in [-0.25, -0.2) is 4.79 Å². The lowest BCUT2D eigenvalue weighted by Crippen LogP contribution is -2.08. The molecule has 0 aromatic heterocycles. The van der Waals surface area contributed by atoms with Gasteiger partial charge in [-0.3, -0.25) is 14.9 Å². The van der Waals surface area contributed by atoms with Crippen LogP contribution in [0.15, 0.2) is 77.0 Å². The standard InChI is InChI=1S/C22H12BrNO6/c23-18-7-2-1-4-13(18)11-20-21(25)17-9-8-16(12-19(17)30-20)29-22(26)14-5-3-6-15(10-14)24(27)28/h1-12H/b20-11-. The Kier molecular flexibility index (Phi) is 5.16. The van der Waals surface area contributed by atoms with E-state index in [-0.39, 0.29) is 34.3 Å². The second-order valence-corrected chi connectivity index (χ2v) is 7.17. The molecule has 0 amide bonds. The van der Waals surface area contributed by atoms with Crippen molar-refractivity contribution in [2.45, 2.75) is 0 Å². The highest BCUT2D eigenvalue weighted by Crippen LogP contribution is 2.35. The molecule has 0 bridgehead atoms. The topological polar surface area (TPSA) is 95.7 Å². The second-order valence-electron chi connectivity index (χ2n) is 6.32. The van der Waals surface area contributed by atoms with E-state index >= 15 is 0 Å². The third kappa shape index (κ3) is 3.85. The van der Waals surface area contributed by atoms with E-state index < -0.39 is 10.9 Å². The van der Waals surface area contributed by atoms with Gasteiger partial charge in [0.2, 0.25) is 5.78 Å². The van der Waals surface area contributed by atoms with Crippen molar-refractivity contribution >= 4 is 39.4 Å². The highest BCUT2D eigenvalue weighted by atomic mass is 79.9. The summed E-state index contributed by atoms with van der Waals surface area (Å²) >= 11 is 3.42. The van der Waals surface area contributed by atoms with Crippen LogP contribution in [0.2, 0.25) is 0 Å². The number of nitro benzene ring substituents is 1. The number of rotatable bonds is 4. The van der Waals surface area contributed by atoms with Crippen LogP contribution in [0.4, 0.5) is 5.69 Å². The maximum atomic E-state index is 12.6. The minimum Gasteiger partial charge on any atom is -0.452 e. The molecule has 1 heterocycles. The van der Waals surface area contributed by atoms with Crippen LogP contribution in [0.1, 0.15) is 26.3 Å². The lowest BCUT2D eigenvalue weighted by atomic mass is 10.1. The number of ether oxygens (including phenoxy) is 2. The Bertz CT molecular complexity index is 1230. The molecule has 1 aliphatic heterocycles. The molecule has 0 fully saturated rings. The SMILES string of the molecule is O=C(Oc1ccc2c(c1)O/C(=C\c1ccccc1Br)C2=O)c1cccc([N+](=O)[O-])c1. The predicted molar refractivity (Wildman–Crippen MR) is 112 cm³/mol. The molecule has 0 saturated heterocycles. The van der Waals surface area contributed by atoms with Gasteiger partial charge in [0.15, 0.2) is 5.76 Å². The van der Waals surface area contributed by atoms with Gasteiger partial charge in [0, 0.05) is 22.7 Å². The number of Topliss-reactive ketones (excluding diaryl/α,β-unsaturated/α-hetero) is 1. The quantitative estimate of drug-likeness (QED) is 0.173. The second kappa shape index (κ2) is 7.92. The van der Waals surface area contributed by atoms with Crippen LogP contribution in [0.3, 0.4) is 0 Å². The van der Waals surface area contributed by atoms with Crippen LogP contribution in [0, 0.1) is 10.1 Å². The molecule has 0 unspecified atom stereocenters. The Morgan fingerprint density at radius 1 is 1.07 bits per heavy atom. The van der Waals surface area contributed by atoms with Gasteiger partial charge >= 0.3 is 5.97 Å². The van der Waals surface area contributed by atoms with E-state index in [2.05, 4.69) is 15.9 Å². The number of halogens is 1. The first-order valence-corrected chi connectivity index (χ1v) is 9.51. The zero-order valence-corrected chi connectivity index (χ0v) is 16.8. The number of hydrogen-bond acceptors (Lipinski definition) is 6. The van der Waals surface area contributed by atoms with Gasteiger partial charge in [-0.15, -0.1) is 0 Å². The molecule has 3 aromatic rings. The molecule has 1 aliphatic rings. The Balaban J connectivity index is 1.56. The smallest absolute Gasteiger partial charge is 0.343 e. The average molecular weight is 466 g/mol. The summed E-state index contributed by atoms with van der Waals surface area (Å²) in [5.74, 6) is -0.467. The van der Waals surface area contributed by atoms with E-state index in [1.807, 2.05) is 24.3 Å². The summed E-state index contributed by atoms with van der Waals surface area (Å²) in [6, 6.07) is 17.0. The first-order chi connectivity index (χ1) is 14.4. The number of ketones is 1. The molecule has 0 atom stereocenters. The highest BCUT2D eigenvalue weighted by molar-refractivity contribution is 9.10. The summed E-state index contributed by atoms with van der Waals surface area (Å²) in [7, 11) is 0. The fourth-order valence-electron chi connectivity index (χ4n) is 2.88. The van der Waals surface area contributed by atoms with Crippen LogP contribution in [-0.2, 0) is 0 Å². The van der Waals surface area contributed by atoms with Gasteiger partial charge in [-0.1, -0.05) is 40.2 Å². The molecule has 4 rings (SSSR count). The average Bonchev–Trinajstić information content (AvgIpc) is 3.04. The molecule has 0 N–H and O–H groups in total. The van der Waals surface area contributed by atoms with Crippen LogP contribution in [0.25, 0.3) is 6.08 Å². The Morgan fingerprint density at radius 2 is 1.87 bits per heavy atom. The third-order valence-electron chi connectivity index (χ3n) is 4.34. The Hall–Kier alpha value is -3.78. The van der Waals surface area contributed by atoms with Crippen molar-refractivity contribution in [1.29, 1.82) is 0 Å². The maximum Gasteiger partial charge on any atom is 0.343 e. The van der Waals surface area contributed by atoms with E-state index in [9.17, 15) is 19.7 Å². The monoisotopic (exact) mass is 465 g/mol. The summed E-state index contributed by atoms with van der Waals surface area (Å²) in [5, 5.41) is 10.9. The number of allylic oxidation sites excluding steroid dienone is 1. The maximum absolute atomic E-state index is 12.6. The number of non-ortho nitro benzene ring substituents is 1. The van der Waals surface area contributed by atoms with Gasteiger partial charge in [0.05, 0.1) is 16.1 Å². The first kappa shape index (κ1) is 19.5. The van der Waals surface area contributed by atoms with Crippen molar-refractivity contribution in [3.63, 3.8) is 0 Å². The van der Waals surface area contributed by atoms with Crippen LogP contribution in [0.5, 0.6) is 11.5 Å². The molecular weight excluding hydrogens is 454 g/mol. The van der Waals surface area contributed by atoms with E-state index in [4.69, 9.17) is 9.47 Å². The van der Waals surface area contributed by atoms with Gasteiger partial charge in [-0.05, 0) is 35.9 Å². The van der Waals surface area contributed by atoms with Crippen LogP contribution < -0.4 is 9.47 Å². The van der Waals surface area contributed by atoms with Crippen molar-refractivity contribution in [2.24, 2.45) is 0 Å². The number of fused-ring (bicyclic) bond motifs is 1. The molecule has 0 aliphatic carbocycles. The molecule has 148 valence electrons. The number of nitro groups is 1. The van der Waals surface area contributed by atoms with Crippen molar-refractivity contribution in [1.82, 2.24) is 0 Å². The summed E-state index contributed by atoms with van der Waals surface area (Å²) < 4.78 is 11.8. The van der Waals surface area contributed by atoms with Gasteiger partial charge in [0.1, 0.15) is 11.5 Å². The minimum absolute atomic E-state index is 0.0382. The molecule has 3 aromatic carbocycles. The van der Waals surface area contributed by atoms with Gasteiger partial charge in [-0.2, -0.15) is 0 Å². The zero-order valence-electron chi connectivity index (χ0n) is 15.2. The van der Waals surface area contributed by atoms with E-state index in [1.54, 1.807) is 6.08 Å². The number of carbonyl (C=O) groups excluding carboxylic acids is 2. The molecule has 0 radical (unpaired) electrons. The lowest BCUT2D eigenvalue weighted by molar-refractivity contribution is -0.384. The lowest BCUT2D eigenvalue weighted by Gasteiger charge is -2.05. The fraction of sp³-hybridized carbons (Fsp3) is 0. The van der Waals surface area contributed by atoms with Crippen LogP contribution in [-0.4, -0.2) is 16.7 Å². The molecule has 30 heavy (non-hydrogen) atoms. The van der Waals surface area contributed by atoms with E-state index in [1.165, 1.54) is 36.4 Å². The number of nitrogens with zero attached hydrogens (tertiary/aromatic N) is 1. The van der Waals surface area contributed by atoms with E-state index in [0.717, 1.165) is 16.1 Å². The molecule has 0 spiro atoms. The summed E-state index contributed by atoms with van der Waals surface area (Å²) in [6.07, 6.45) is 1.63. The fourth-order valence-corrected chi connectivity index (χ4v) is 3.28. The van der Waals surface area contributed by atoms with Crippen molar-refractivity contribution in [3.8, 4) is 11.5 Å². The van der Waals surface area contributed by atoms with Gasteiger partial charge in [0.25, 0.3) is 5.69 Å². The predicted octanol–water partition coefficient (Wildman–Crippen LogP) is 5.19. The number of carbonyl (C=O) groups is 2. The normalized spacial score (nSPS) is 13.6. The number of esters is 1. The largest absolute Gasteiger partial charge is 0.452 e. The first-order valence-electron chi connectivity index (χ1n) is 8.72. The molecular formula is C22H12BrNO6. The zero-order chi connectivity index (χ0) is 21.3. The van der Waals surface area contributed by atoms with Crippen molar-refractivity contribution in [2.75, 3.05) is 0 Å². The Morgan fingerprint density at radius 3 is 2.63 bits per heavy atom. The van der Waals surface area contributed by atoms with Crippen molar-refractivity contribution in [3.05, 3.63) is 104 Å². The minimum atomic E-state index is -0.757. The molecule has 7 nitrogen and oxygen atoms in total. The Labute approximate surface area is 178 Å². The molecule has 8 heteroatoms. The van der Waals surface area contributed by atoms with Gasteiger partial charge < -0.3 is 9.47 Å². The van der Waals surface area contributed by atoms with Crippen molar-refractivity contribution < 1.29 is 24.0 Å². The third-order valence-corrected chi connectivity index (χ3v) is 5.06. The summed E-state index contributed by atoms with van der Waals surface area (Å²) in [5.41, 5.74) is 0.958. The summed E-state index contributed by atoms with van der Waals surface area (Å²) in [6.45, 7) is 0. The molecule has 0 saturated carbocycles. The summed E-state index contributed by atoms with van der Waals surface area (Å²) in [4.78, 5) is 35.2.